The van der Waals surface area contributed by atoms with E-state index in [4.69, 9.17) is 0 Å². The number of rotatable bonds is 6. The normalized spacial score (nSPS) is 12.0. The quantitative estimate of drug-likeness (QED) is 0.711. The highest BCUT2D eigenvalue weighted by Crippen LogP contribution is 2.14. The van der Waals surface area contributed by atoms with Crippen LogP contribution in [-0.4, -0.2) is 5.11 Å². The van der Waals surface area contributed by atoms with Gasteiger partial charge in [-0.3, -0.25) is 0 Å². The molecule has 1 heteroatoms. The topological polar surface area (TPSA) is 20.2 Å². The van der Waals surface area contributed by atoms with Crippen LogP contribution in [0.25, 0.3) is 0 Å². The first-order chi connectivity index (χ1) is 8.61. The van der Waals surface area contributed by atoms with Crippen LogP contribution >= 0.6 is 0 Å². The van der Waals surface area contributed by atoms with Crippen LogP contribution in [0.5, 0.6) is 5.75 Å². The SMILES string of the molecule is C=C(C)/C=C\C(=C/Cc1cccc(O)c1)CCC. The molecule has 0 bridgehead atoms. The second-order valence-corrected chi connectivity index (χ2v) is 4.58. The molecule has 0 saturated carbocycles. The third-order valence-corrected chi connectivity index (χ3v) is 2.63. The number of phenolic OH excluding ortho intramolecular Hbond substituents is 1. The van der Waals surface area contributed by atoms with Crippen molar-refractivity contribution in [2.45, 2.75) is 33.1 Å². The molecule has 1 aromatic carbocycles. The number of allylic oxidation sites excluding steroid dienone is 5. The van der Waals surface area contributed by atoms with E-state index in [0.29, 0.717) is 5.75 Å². The van der Waals surface area contributed by atoms with Crippen LogP contribution in [0.2, 0.25) is 0 Å². The Morgan fingerprint density at radius 3 is 2.72 bits per heavy atom. The zero-order valence-electron chi connectivity index (χ0n) is 11.3. The zero-order valence-corrected chi connectivity index (χ0v) is 11.3. The lowest BCUT2D eigenvalue weighted by molar-refractivity contribution is 0.474. The van der Waals surface area contributed by atoms with Gasteiger partial charge in [0.25, 0.3) is 0 Å². The number of hydrogen-bond acceptors (Lipinski definition) is 1. The third kappa shape index (κ3) is 5.53. The number of benzene rings is 1. The zero-order chi connectivity index (χ0) is 13.4. The molecule has 0 amide bonds. The molecular formula is C17H22O. The van der Waals surface area contributed by atoms with Crippen molar-refractivity contribution in [1.29, 1.82) is 0 Å². The predicted molar refractivity (Wildman–Crippen MR) is 78.8 cm³/mol. The van der Waals surface area contributed by atoms with E-state index in [1.54, 1.807) is 6.07 Å². The van der Waals surface area contributed by atoms with E-state index in [2.05, 4.69) is 25.7 Å². The van der Waals surface area contributed by atoms with Gasteiger partial charge in [0.2, 0.25) is 0 Å². The molecule has 0 radical (unpaired) electrons. The van der Waals surface area contributed by atoms with Crippen LogP contribution in [-0.2, 0) is 6.42 Å². The molecule has 0 aliphatic carbocycles. The lowest BCUT2D eigenvalue weighted by Crippen LogP contribution is -1.84. The summed E-state index contributed by atoms with van der Waals surface area (Å²) in [6.45, 7) is 8.04. The summed E-state index contributed by atoms with van der Waals surface area (Å²) in [6, 6.07) is 7.41. The predicted octanol–water partition coefficient (Wildman–Crippen LogP) is 4.79. The van der Waals surface area contributed by atoms with Crippen molar-refractivity contribution in [2.75, 3.05) is 0 Å². The van der Waals surface area contributed by atoms with Crippen molar-refractivity contribution in [2.24, 2.45) is 0 Å². The molecule has 1 nitrogen and oxygen atoms in total. The van der Waals surface area contributed by atoms with Gasteiger partial charge >= 0.3 is 0 Å². The first kappa shape index (κ1) is 14.3. The summed E-state index contributed by atoms with van der Waals surface area (Å²) in [6.07, 6.45) is 9.45. The van der Waals surface area contributed by atoms with Gasteiger partial charge in [-0.2, -0.15) is 0 Å². The lowest BCUT2D eigenvalue weighted by atomic mass is 10.0. The second-order valence-electron chi connectivity index (χ2n) is 4.58. The Kier molecular flexibility index (Phi) is 5.99. The minimum atomic E-state index is 0.329. The molecule has 0 aliphatic rings. The molecule has 0 atom stereocenters. The van der Waals surface area contributed by atoms with Crippen LogP contribution in [0, 0.1) is 0 Å². The number of phenols is 1. The van der Waals surface area contributed by atoms with Crippen LogP contribution < -0.4 is 0 Å². The molecule has 96 valence electrons. The van der Waals surface area contributed by atoms with Gasteiger partial charge in [0.15, 0.2) is 0 Å². The maximum Gasteiger partial charge on any atom is 0.115 e. The number of aromatic hydroxyl groups is 1. The van der Waals surface area contributed by atoms with Gasteiger partial charge in [-0.15, -0.1) is 0 Å². The van der Waals surface area contributed by atoms with E-state index < -0.39 is 0 Å². The lowest BCUT2D eigenvalue weighted by Gasteiger charge is -2.02. The van der Waals surface area contributed by atoms with E-state index in [0.717, 1.165) is 30.4 Å². The maximum absolute atomic E-state index is 9.41. The fourth-order valence-electron chi connectivity index (χ4n) is 1.72. The summed E-state index contributed by atoms with van der Waals surface area (Å²) >= 11 is 0. The van der Waals surface area contributed by atoms with Crippen molar-refractivity contribution >= 4 is 0 Å². The summed E-state index contributed by atoms with van der Waals surface area (Å²) in [5.74, 6) is 0.329. The Bertz CT molecular complexity index is 452. The maximum atomic E-state index is 9.41. The van der Waals surface area contributed by atoms with E-state index in [1.807, 2.05) is 31.2 Å². The van der Waals surface area contributed by atoms with Gasteiger partial charge in [-0.1, -0.05) is 61.4 Å². The van der Waals surface area contributed by atoms with Gasteiger partial charge in [-0.25, -0.2) is 0 Å². The van der Waals surface area contributed by atoms with Crippen LogP contribution in [0.15, 0.2) is 60.2 Å². The monoisotopic (exact) mass is 242 g/mol. The average Bonchev–Trinajstić information content (AvgIpc) is 2.32. The van der Waals surface area contributed by atoms with Crippen molar-refractivity contribution in [3.8, 4) is 5.75 Å². The third-order valence-electron chi connectivity index (χ3n) is 2.63. The molecule has 1 rings (SSSR count). The van der Waals surface area contributed by atoms with Crippen molar-refractivity contribution in [3.63, 3.8) is 0 Å². The minimum absolute atomic E-state index is 0.329. The standard InChI is InChI=1S/C17H22O/c1-4-6-15(10-9-14(2)3)11-12-16-7-5-8-17(18)13-16/h5,7-11,13,18H,2,4,6,12H2,1,3H3/b10-9-,15-11-. The highest BCUT2D eigenvalue weighted by Gasteiger charge is 1.95. The number of hydrogen-bond donors (Lipinski definition) is 1. The average molecular weight is 242 g/mol. The Labute approximate surface area is 110 Å². The summed E-state index contributed by atoms with van der Waals surface area (Å²) < 4.78 is 0. The van der Waals surface area contributed by atoms with Crippen molar-refractivity contribution in [3.05, 3.63) is 65.8 Å². The Balaban J connectivity index is 2.73. The molecule has 0 fully saturated rings. The van der Waals surface area contributed by atoms with Crippen LogP contribution in [0.4, 0.5) is 0 Å². The molecule has 0 aliphatic heterocycles. The van der Waals surface area contributed by atoms with Gasteiger partial charge in [0.1, 0.15) is 5.75 Å². The van der Waals surface area contributed by atoms with Gasteiger partial charge in [-0.05, 0) is 37.5 Å². The largest absolute Gasteiger partial charge is 0.508 e. The van der Waals surface area contributed by atoms with Gasteiger partial charge in [0, 0.05) is 0 Å². The summed E-state index contributed by atoms with van der Waals surface area (Å²) in [5.41, 5.74) is 3.52. The summed E-state index contributed by atoms with van der Waals surface area (Å²) in [7, 11) is 0. The molecule has 0 unspecified atom stereocenters. The Hall–Kier alpha value is -1.76. The highest BCUT2D eigenvalue weighted by molar-refractivity contribution is 5.31. The van der Waals surface area contributed by atoms with Gasteiger partial charge in [0.05, 0.1) is 0 Å². The van der Waals surface area contributed by atoms with Crippen molar-refractivity contribution in [1.82, 2.24) is 0 Å². The molecular weight excluding hydrogens is 220 g/mol. The van der Waals surface area contributed by atoms with Gasteiger partial charge < -0.3 is 5.11 Å². The summed E-state index contributed by atoms with van der Waals surface area (Å²) in [5, 5.41) is 9.41. The highest BCUT2D eigenvalue weighted by atomic mass is 16.3. The Morgan fingerprint density at radius 1 is 1.33 bits per heavy atom. The van der Waals surface area contributed by atoms with E-state index in [9.17, 15) is 5.11 Å². The minimum Gasteiger partial charge on any atom is -0.508 e. The summed E-state index contributed by atoms with van der Waals surface area (Å²) in [4.78, 5) is 0. The van der Waals surface area contributed by atoms with E-state index in [-0.39, 0.29) is 0 Å². The molecule has 0 saturated heterocycles. The molecule has 1 N–H and O–H groups in total. The fraction of sp³-hybridized carbons (Fsp3) is 0.294. The fourth-order valence-corrected chi connectivity index (χ4v) is 1.72. The van der Waals surface area contributed by atoms with Crippen LogP contribution in [0.3, 0.4) is 0 Å². The molecule has 0 heterocycles. The molecule has 0 aromatic heterocycles. The molecule has 1 aromatic rings. The van der Waals surface area contributed by atoms with E-state index >= 15 is 0 Å². The molecule has 18 heavy (non-hydrogen) atoms. The van der Waals surface area contributed by atoms with Crippen molar-refractivity contribution < 1.29 is 5.11 Å². The second kappa shape index (κ2) is 7.54. The Morgan fingerprint density at radius 2 is 2.11 bits per heavy atom. The molecule has 0 spiro atoms. The first-order valence-corrected chi connectivity index (χ1v) is 6.42. The first-order valence-electron chi connectivity index (χ1n) is 6.42. The van der Waals surface area contributed by atoms with Crippen LogP contribution in [0.1, 0.15) is 32.3 Å². The smallest absolute Gasteiger partial charge is 0.115 e. The van der Waals surface area contributed by atoms with E-state index in [1.165, 1.54) is 5.57 Å².